The van der Waals surface area contributed by atoms with Crippen molar-refractivity contribution in [3.8, 4) is 11.3 Å². The van der Waals surface area contributed by atoms with Crippen molar-refractivity contribution in [2.45, 2.75) is 32.3 Å². The molecule has 3 aromatic heterocycles. The van der Waals surface area contributed by atoms with Gasteiger partial charge in [-0.2, -0.15) is 8.78 Å². The Kier molecular flexibility index (Phi) is 6.59. The topological polar surface area (TPSA) is 118 Å². The van der Waals surface area contributed by atoms with E-state index in [1.54, 1.807) is 19.2 Å². The van der Waals surface area contributed by atoms with E-state index in [2.05, 4.69) is 40.7 Å². The minimum atomic E-state index is -3.20. The van der Waals surface area contributed by atoms with E-state index in [9.17, 15) is 13.6 Å². The SMILES string of the molecule is CO[C@@H]1CCN(c2ccc(-c3cnc(NC(C)=O)cc3Nc3ccnc(C(C)(F)F)n3)nn2)C1. The second-order valence-electron chi connectivity index (χ2n) is 7.94. The van der Waals surface area contributed by atoms with Crippen molar-refractivity contribution < 1.29 is 18.3 Å². The van der Waals surface area contributed by atoms with Crippen LogP contribution in [0.4, 0.5) is 31.9 Å². The molecule has 0 aliphatic carbocycles. The van der Waals surface area contributed by atoms with Crippen molar-refractivity contribution in [3.05, 3.63) is 42.5 Å². The van der Waals surface area contributed by atoms with Crippen molar-refractivity contribution in [2.75, 3.05) is 35.7 Å². The van der Waals surface area contributed by atoms with Crippen LogP contribution in [0.3, 0.4) is 0 Å². The van der Waals surface area contributed by atoms with E-state index in [0.29, 0.717) is 16.9 Å². The van der Waals surface area contributed by atoms with Crippen molar-refractivity contribution in [3.63, 3.8) is 0 Å². The van der Waals surface area contributed by atoms with Crippen LogP contribution in [0, 0.1) is 0 Å². The molecule has 4 heterocycles. The predicted octanol–water partition coefficient (Wildman–Crippen LogP) is 3.37. The van der Waals surface area contributed by atoms with Gasteiger partial charge < -0.3 is 20.3 Å². The van der Waals surface area contributed by atoms with Gasteiger partial charge in [-0.3, -0.25) is 4.79 Å². The molecule has 1 aliphatic rings. The first kappa shape index (κ1) is 23.4. The molecule has 0 bridgehead atoms. The lowest BCUT2D eigenvalue weighted by molar-refractivity contribution is -0.114. The molecule has 0 spiro atoms. The Balaban J connectivity index is 1.65. The molecular weight excluding hydrogens is 446 g/mol. The zero-order valence-electron chi connectivity index (χ0n) is 18.9. The van der Waals surface area contributed by atoms with Gasteiger partial charge in [-0.05, 0) is 24.6 Å². The summed E-state index contributed by atoms with van der Waals surface area (Å²) in [6, 6.07) is 6.69. The van der Waals surface area contributed by atoms with Crippen LogP contribution in [-0.2, 0) is 15.5 Å². The molecule has 1 amide bonds. The van der Waals surface area contributed by atoms with Crippen LogP contribution in [0.2, 0.25) is 0 Å². The van der Waals surface area contributed by atoms with Gasteiger partial charge in [0.05, 0.1) is 17.5 Å². The first-order chi connectivity index (χ1) is 16.2. The van der Waals surface area contributed by atoms with E-state index in [1.807, 2.05) is 6.07 Å². The van der Waals surface area contributed by atoms with E-state index in [1.165, 1.54) is 25.4 Å². The maximum atomic E-state index is 13.7. The number of anilines is 4. The van der Waals surface area contributed by atoms with E-state index in [-0.39, 0.29) is 23.6 Å². The molecule has 1 saturated heterocycles. The number of rotatable bonds is 7. The highest BCUT2D eigenvalue weighted by Gasteiger charge is 2.28. The van der Waals surface area contributed by atoms with Gasteiger partial charge in [-0.15, -0.1) is 10.2 Å². The van der Waals surface area contributed by atoms with Gasteiger partial charge in [0.2, 0.25) is 11.7 Å². The third-order valence-corrected chi connectivity index (χ3v) is 5.25. The number of methoxy groups -OCH3 is 1. The van der Waals surface area contributed by atoms with Crippen LogP contribution < -0.4 is 15.5 Å². The number of carbonyl (C=O) groups is 1. The average Bonchev–Trinajstić information content (AvgIpc) is 3.28. The van der Waals surface area contributed by atoms with Crippen LogP contribution in [0.1, 0.15) is 26.1 Å². The standard InChI is InChI=1S/C22H24F2N8O2/c1-13(33)27-19-10-17(28-18-6-8-25-21(29-18)22(2,23)24)15(11-26-19)16-4-5-20(31-30-16)32-9-7-14(12-32)34-3/h4-6,8,10-11,14H,7,9,12H2,1-3H3,(H2,25,26,27,28,29,33)/t14-/m1/s1. The van der Waals surface area contributed by atoms with Crippen LogP contribution >= 0.6 is 0 Å². The van der Waals surface area contributed by atoms with Crippen LogP contribution in [-0.4, -0.2) is 57.4 Å². The van der Waals surface area contributed by atoms with E-state index in [4.69, 9.17) is 4.74 Å². The third-order valence-electron chi connectivity index (χ3n) is 5.25. The summed E-state index contributed by atoms with van der Waals surface area (Å²) in [6.07, 6.45) is 3.84. The zero-order chi connectivity index (χ0) is 24.3. The van der Waals surface area contributed by atoms with Gasteiger partial charge in [0, 0.05) is 58.1 Å². The lowest BCUT2D eigenvalue weighted by Crippen LogP contribution is -2.23. The highest BCUT2D eigenvalue weighted by Crippen LogP contribution is 2.32. The predicted molar refractivity (Wildman–Crippen MR) is 122 cm³/mol. The van der Waals surface area contributed by atoms with Crippen LogP contribution in [0.15, 0.2) is 36.7 Å². The quantitative estimate of drug-likeness (QED) is 0.536. The molecule has 34 heavy (non-hydrogen) atoms. The summed E-state index contributed by atoms with van der Waals surface area (Å²) in [5.74, 6) is -2.95. The van der Waals surface area contributed by atoms with Crippen molar-refractivity contribution in [2.24, 2.45) is 0 Å². The lowest BCUT2D eigenvalue weighted by Gasteiger charge is -2.17. The number of hydrogen-bond donors (Lipinski definition) is 2. The minimum absolute atomic E-state index is 0.153. The summed E-state index contributed by atoms with van der Waals surface area (Å²) in [4.78, 5) is 25.4. The van der Waals surface area contributed by atoms with E-state index >= 15 is 0 Å². The smallest absolute Gasteiger partial charge is 0.303 e. The maximum Gasteiger partial charge on any atom is 0.303 e. The lowest BCUT2D eigenvalue weighted by atomic mass is 10.1. The molecule has 12 heteroatoms. The highest BCUT2D eigenvalue weighted by molar-refractivity contribution is 5.89. The monoisotopic (exact) mass is 470 g/mol. The Labute approximate surface area is 194 Å². The highest BCUT2D eigenvalue weighted by atomic mass is 19.3. The van der Waals surface area contributed by atoms with Gasteiger partial charge in [0.1, 0.15) is 11.6 Å². The number of aromatic nitrogens is 5. The number of nitrogens with zero attached hydrogens (tertiary/aromatic N) is 6. The summed E-state index contributed by atoms with van der Waals surface area (Å²) in [5.41, 5.74) is 1.50. The number of ether oxygens (including phenoxy) is 1. The van der Waals surface area contributed by atoms with Crippen LogP contribution in [0.25, 0.3) is 11.3 Å². The minimum Gasteiger partial charge on any atom is -0.380 e. The van der Waals surface area contributed by atoms with E-state index in [0.717, 1.165) is 32.3 Å². The molecule has 1 fully saturated rings. The van der Waals surface area contributed by atoms with Crippen molar-refractivity contribution in [1.82, 2.24) is 25.1 Å². The number of pyridine rings is 1. The largest absolute Gasteiger partial charge is 0.380 e. The zero-order valence-corrected chi connectivity index (χ0v) is 18.9. The van der Waals surface area contributed by atoms with Crippen molar-refractivity contribution >= 4 is 29.0 Å². The number of alkyl halides is 2. The van der Waals surface area contributed by atoms with Gasteiger partial charge in [0.15, 0.2) is 5.82 Å². The third kappa shape index (κ3) is 5.39. The molecule has 2 N–H and O–H groups in total. The number of carbonyl (C=O) groups excluding carboxylic acids is 1. The molecule has 0 radical (unpaired) electrons. The number of halogens is 2. The van der Waals surface area contributed by atoms with Gasteiger partial charge >= 0.3 is 5.92 Å². The summed E-state index contributed by atoms with van der Waals surface area (Å²) < 4.78 is 32.8. The van der Waals surface area contributed by atoms with Crippen molar-refractivity contribution in [1.29, 1.82) is 0 Å². The number of amides is 1. The molecule has 10 nitrogen and oxygen atoms in total. The average molecular weight is 470 g/mol. The fraction of sp³-hybridized carbons (Fsp3) is 0.364. The molecule has 1 aliphatic heterocycles. The second-order valence-corrected chi connectivity index (χ2v) is 7.94. The summed E-state index contributed by atoms with van der Waals surface area (Å²) in [6.45, 7) is 3.65. The Morgan fingerprint density at radius 1 is 1.21 bits per heavy atom. The Bertz CT molecular complexity index is 1170. The summed E-state index contributed by atoms with van der Waals surface area (Å²) in [5, 5.41) is 14.3. The number of nitrogens with one attached hydrogen (secondary N) is 2. The normalized spacial score (nSPS) is 15.9. The molecule has 1 atom stereocenters. The fourth-order valence-electron chi connectivity index (χ4n) is 3.56. The Morgan fingerprint density at radius 2 is 2.03 bits per heavy atom. The molecular formula is C22H24F2N8O2. The summed E-state index contributed by atoms with van der Waals surface area (Å²) in [7, 11) is 1.69. The molecule has 4 rings (SSSR count). The first-order valence-corrected chi connectivity index (χ1v) is 10.6. The molecule has 3 aromatic rings. The molecule has 0 saturated carbocycles. The second kappa shape index (κ2) is 9.59. The van der Waals surface area contributed by atoms with E-state index < -0.39 is 11.7 Å². The fourth-order valence-corrected chi connectivity index (χ4v) is 3.56. The van der Waals surface area contributed by atoms with Gasteiger partial charge in [-0.1, -0.05) is 0 Å². The Morgan fingerprint density at radius 3 is 2.68 bits per heavy atom. The molecule has 178 valence electrons. The molecule has 0 unspecified atom stereocenters. The summed E-state index contributed by atoms with van der Waals surface area (Å²) >= 11 is 0. The van der Waals surface area contributed by atoms with Gasteiger partial charge in [0.25, 0.3) is 0 Å². The number of hydrogen-bond acceptors (Lipinski definition) is 9. The Hall–Kier alpha value is -3.80. The first-order valence-electron chi connectivity index (χ1n) is 10.6. The molecule has 0 aromatic carbocycles. The maximum absolute atomic E-state index is 13.7. The van der Waals surface area contributed by atoms with Crippen LogP contribution in [0.5, 0.6) is 0 Å². The van der Waals surface area contributed by atoms with Gasteiger partial charge in [-0.25, -0.2) is 15.0 Å².